The van der Waals surface area contributed by atoms with Crippen LogP contribution in [0.5, 0.6) is 0 Å². The first kappa shape index (κ1) is 36.0. The van der Waals surface area contributed by atoms with Gasteiger partial charge in [0.2, 0.25) is 5.91 Å². The number of rotatable bonds is 17. The van der Waals surface area contributed by atoms with Gasteiger partial charge in [0.25, 0.3) is 0 Å². The van der Waals surface area contributed by atoms with Gasteiger partial charge in [0.1, 0.15) is 12.6 Å². The fraction of sp³-hybridized carbons (Fsp3) is 0.378. The molecule has 0 bridgehead atoms. The van der Waals surface area contributed by atoms with Crippen LogP contribution in [0, 0.1) is 11.8 Å². The number of nitrogens with zero attached hydrogens (tertiary/aromatic N) is 1. The van der Waals surface area contributed by atoms with Gasteiger partial charge in [-0.1, -0.05) is 93.6 Å². The Labute approximate surface area is 280 Å². The second kappa shape index (κ2) is 17.3. The molecular formula is C37H45N5O6. The van der Waals surface area contributed by atoms with Crippen molar-refractivity contribution in [2.45, 2.75) is 77.3 Å². The minimum atomic E-state index is -1.45. The average molecular weight is 656 g/mol. The number of alkyl carbamates (subject to hydrolysis) is 1. The number of nitrogens with two attached hydrogens (primary N) is 1. The monoisotopic (exact) mass is 655 g/mol. The first-order chi connectivity index (χ1) is 23.1. The van der Waals surface area contributed by atoms with Crippen molar-refractivity contribution in [1.82, 2.24) is 20.6 Å². The topological polar surface area (TPSA) is 176 Å². The SMILES string of the molecule is CCC(=O)C(N)[C@@H](O)[C@H](CC(C)C)C(=O)C(Cc1cnc[nH]1)NC(=O)[C@H](Cc1cccc2ccccc12)NC(=O)OCc1ccccc1. The van der Waals surface area contributed by atoms with E-state index in [1.165, 1.54) is 6.33 Å². The highest BCUT2D eigenvalue weighted by Gasteiger charge is 2.39. The minimum Gasteiger partial charge on any atom is -0.445 e. The van der Waals surface area contributed by atoms with Gasteiger partial charge in [0, 0.05) is 37.1 Å². The van der Waals surface area contributed by atoms with Crippen LogP contribution in [0.4, 0.5) is 4.79 Å². The van der Waals surface area contributed by atoms with Gasteiger partial charge in [-0.05, 0) is 34.2 Å². The fourth-order valence-corrected chi connectivity index (χ4v) is 5.78. The Bertz CT molecular complexity index is 1650. The van der Waals surface area contributed by atoms with E-state index >= 15 is 0 Å². The number of aliphatic hydroxyl groups is 1. The van der Waals surface area contributed by atoms with Crippen LogP contribution in [-0.2, 0) is 38.6 Å². The maximum absolute atomic E-state index is 14.2. The second-order valence-electron chi connectivity index (χ2n) is 12.4. The zero-order valence-corrected chi connectivity index (χ0v) is 27.6. The van der Waals surface area contributed by atoms with E-state index in [1.54, 1.807) is 13.1 Å². The Balaban J connectivity index is 1.63. The fourth-order valence-electron chi connectivity index (χ4n) is 5.78. The van der Waals surface area contributed by atoms with Gasteiger partial charge in [0.15, 0.2) is 11.6 Å². The van der Waals surface area contributed by atoms with Crippen LogP contribution in [0.2, 0.25) is 0 Å². The number of aromatic amines is 1. The molecule has 0 aliphatic rings. The molecule has 0 fully saturated rings. The summed E-state index contributed by atoms with van der Waals surface area (Å²) in [4.78, 5) is 60.9. The average Bonchev–Trinajstić information content (AvgIpc) is 3.61. The van der Waals surface area contributed by atoms with E-state index in [-0.39, 0.29) is 44.0 Å². The summed E-state index contributed by atoms with van der Waals surface area (Å²) in [5.74, 6) is -2.53. The standard InChI is InChI=1S/C37H45N5O6/c1-4-32(43)33(38)35(45)29(17-23(2)3)34(44)30(19-27-20-39-22-40-27)41-36(46)31(42-37(47)48-21-24-11-6-5-7-12-24)18-26-15-10-14-25-13-8-9-16-28(25)26/h5-16,20,22-23,29-31,33,35,45H,4,17-19,21,38H2,1-3H3,(H,39,40)(H,41,46)(H,42,47)/t29-,30?,31+,33?,35+/m1/s1. The van der Waals surface area contributed by atoms with Crippen molar-refractivity contribution in [3.05, 3.63) is 102 Å². The predicted octanol–water partition coefficient (Wildman–Crippen LogP) is 4.03. The summed E-state index contributed by atoms with van der Waals surface area (Å²) in [6, 6.07) is 19.1. The Morgan fingerprint density at radius 1 is 0.917 bits per heavy atom. The molecule has 4 rings (SSSR count). The molecule has 6 N–H and O–H groups in total. The maximum Gasteiger partial charge on any atom is 0.408 e. The van der Waals surface area contributed by atoms with E-state index < -0.39 is 47.9 Å². The molecule has 1 aromatic heterocycles. The molecule has 254 valence electrons. The van der Waals surface area contributed by atoms with Gasteiger partial charge in [-0.25, -0.2) is 9.78 Å². The molecule has 5 atom stereocenters. The van der Waals surface area contributed by atoms with Gasteiger partial charge in [0.05, 0.1) is 24.5 Å². The third kappa shape index (κ3) is 9.82. The van der Waals surface area contributed by atoms with Crippen molar-refractivity contribution in [1.29, 1.82) is 0 Å². The van der Waals surface area contributed by atoms with Crippen molar-refractivity contribution in [3.8, 4) is 0 Å². The van der Waals surface area contributed by atoms with Crippen LogP contribution in [0.3, 0.4) is 0 Å². The highest BCUT2D eigenvalue weighted by molar-refractivity contribution is 5.95. The number of fused-ring (bicyclic) bond motifs is 1. The number of hydrogen-bond acceptors (Lipinski definition) is 8. The number of ether oxygens (including phenoxy) is 1. The van der Waals surface area contributed by atoms with Crippen LogP contribution in [-0.4, -0.2) is 62.9 Å². The zero-order valence-electron chi connectivity index (χ0n) is 27.6. The summed E-state index contributed by atoms with van der Waals surface area (Å²) in [7, 11) is 0. The molecule has 48 heavy (non-hydrogen) atoms. The molecule has 4 aromatic rings. The van der Waals surface area contributed by atoms with Gasteiger partial charge in [-0.15, -0.1) is 0 Å². The third-order valence-electron chi connectivity index (χ3n) is 8.36. The lowest BCUT2D eigenvalue weighted by molar-refractivity contribution is -0.135. The smallest absolute Gasteiger partial charge is 0.408 e. The third-order valence-corrected chi connectivity index (χ3v) is 8.36. The molecule has 0 aliphatic heterocycles. The van der Waals surface area contributed by atoms with E-state index in [4.69, 9.17) is 10.5 Å². The zero-order chi connectivity index (χ0) is 34.6. The summed E-state index contributed by atoms with van der Waals surface area (Å²) in [6.45, 7) is 5.44. The van der Waals surface area contributed by atoms with Gasteiger partial charge < -0.3 is 31.2 Å². The molecule has 1 heterocycles. The molecular weight excluding hydrogens is 610 g/mol. The first-order valence-corrected chi connectivity index (χ1v) is 16.3. The van der Waals surface area contributed by atoms with E-state index in [0.29, 0.717) is 5.69 Å². The number of hydrogen-bond donors (Lipinski definition) is 5. The van der Waals surface area contributed by atoms with Crippen molar-refractivity contribution in [2.75, 3.05) is 0 Å². The largest absolute Gasteiger partial charge is 0.445 e. The number of aromatic nitrogens is 2. The molecule has 0 saturated heterocycles. The molecule has 11 nitrogen and oxygen atoms in total. The van der Waals surface area contributed by atoms with Crippen LogP contribution in [0.15, 0.2) is 85.3 Å². The molecule has 2 unspecified atom stereocenters. The Hall–Kier alpha value is -4.87. The van der Waals surface area contributed by atoms with Crippen molar-refractivity contribution >= 4 is 34.3 Å². The number of aliphatic hydroxyl groups excluding tert-OH is 1. The lowest BCUT2D eigenvalue weighted by Crippen LogP contribution is -2.56. The Morgan fingerprint density at radius 3 is 2.31 bits per heavy atom. The lowest BCUT2D eigenvalue weighted by Gasteiger charge is -2.31. The second-order valence-corrected chi connectivity index (χ2v) is 12.4. The molecule has 0 saturated carbocycles. The number of ketones is 2. The van der Waals surface area contributed by atoms with E-state index in [2.05, 4.69) is 20.6 Å². The van der Waals surface area contributed by atoms with Crippen LogP contribution in [0.25, 0.3) is 10.8 Å². The maximum atomic E-state index is 14.2. The first-order valence-electron chi connectivity index (χ1n) is 16.3. The molecule has 0 radical (unpaired) electrons. The van der Waals surface area contributed by atoms with E-state index in [0.717, 1.165) is 21.9 Å². The van der Waals surface area contributed by atoms with Crippen LogP contribution >= 0.6 is 0 Å². The number of nitrogens with one attached hydrogen (secondary N) is 3. The summed E-state index contributed by atoms with van der Waals surface area (Å²) in [5.41, 5.74) is 8.27. The van der Waals surface area contributed by atoms with Crippen LogP contribution in [0.1, 0.15) is 50.4 Å². The van der Waals surface area contributed by atoms with Crippen molar-refractivity contribution in [3.63, 3.8) is 0 Å². The summed E-state index contributed by atoms with van der Waals surface area (Å²) in [5, 5.41) is 18.7. The highest BCUT2D eigenvalue weighted by Crippen LogP contribution is 2.23. The Kier molecular flexibility index (Phi) is 13.0. The highest BCUT2D eigenvalue weighted by atomic mass is 16.5. The van der Waals surface area contributed by atoms with Crippen molar-refractivity contribution in [2.24, 2.45) is 17.6 Å². The number of carbonyl (C=O) groups excluding carboxylic acids is 4. The predicted molar refractivity (Wildman–Crippen MR) is 183 cm³/mol. The van der Waals surface area contributed by atoms with Gasteiger partial charge in [-0.3, -0.25) is 14.4 Å². The van der Waals surface area contributed by atoms with Gasteiger partial charge >= 0.3 is 6.09 Å². The molecule has 2 amide bonds. The number of Topliss-reactive ketones (excluding diaryl/α,β-unsaturated/α-hetero) is 2. The van der Waals surface area contributed by atoms with Gasteiger partial charge in [-0.2, -0.15) is 0 Å². The van der Waals surface area contributed by atoms with Crippen molar-refractivity contribution < 1.29 is 29.0 Å². The summed E-state index contributed by atoms with van der Waals surface area (Å²) in [6.07, 6.45) is 1.23. The summed E-state index contributed by atoms with van der Waals surface area (Å²) >= 11 is 0. The lowest BCUT2D eigenvalue weighted by atomic mass is 9.81. The number of H-pyrrole nitrogens is 1. The number of benzene rings is 3. The summed E-state index contributed by atoms with van der Waals surface area (Å²) < 4.78 is 5.46. The number of imidazole rings is 1. The minimum absolute atomic E-state index is 0.00171. The Morgan fingerprint density at radius 2 is 1.62 bits per heavy atom. The van der Waals surface area contributed by atoms with E-state index in [1.807, 2.05) is 86.6 Å². The molecule has 11 heteroatoms. The normalized spacial score (nSPS) is 14.5. The van der Waals surface area contributed by atoms with Crippen LogP contribution < -0.4 is 16.4 Å². The quantitative estimate of drug-likeness (QED) is 0.113. The number of carbonyl (C=O) groups is 4. The van der Waals surface area contributed by atoms with E-state index in [9.17, 15) is 24.3 Å². The molecule has 0 spiro atoms. The number of amides is 2. The molecule has 3 aromatic carbocycles. The molecule has 0 aliphatic carbocycles.